The van der Waals surface area contributed by atoms with Gasteiger partial charge in [0.15, 0.2) is 0 Å². The second kappa shape index (κ2) is 9.67. The summed E-state index contributed by atoms with van der Waals surface area (Å²) in [6, 6.07) is 5.20. The number of nitrogens with zero attached hydrogens (tertiary/aromatic N) is 6. The number of fused-ring (bicyclic) bond motifs is 2. The van der Waals surface area contributed by atoms with Gasteiger partial charge in [0.1, 0.15) is 18.4 Å². The summed E-state index contributed by atoms with van der Waals surface area (Å²) in [5.41, 5.74) is 4.10. The number of nitrogens with one attached hydrogen (secondary N) is 2. The first-order valence-electron chi connectivity index (χ1n) is 12.9. The summed E-state index contributed by atoms with van der Waals surface area (Å²) in [5, 5.41) is 11.5. The molecule has 198 valence electrons. The number of H-pyrrole nitrogens is 1. The number of carbonyl (C=O) groups excluding carboxylic acids is 2. The van der Waals surface area contributed by atoms with Crippen molar-refractivity contribution in [1.29, 1.82) is 0 Å². The smallest absolute Gasteiger partial charge is 0.256 e. The van der Waals surface area contributed by atoms with Gasteiger partial charge in [-0.25, -0.2) is 9.67 Å². The van der Waals surface area contributed by atoms with E-state index in [1.54, 1.807) is 10.7 Å². The maximum Gasteiger partial charge on any atom is 0.256 e. The molecule has 0 spiro atoms. The third-order valence-corrected chi connectivity index (χ3v) is 7.72. The highest BCUT2D eigenvalue weighted by Gasteiger charge is 2.30. The number of rotatable bonds is 4. The summed E-state index contributed by atoms with van der Waals surface area (Å²) in [5.74, 6) is 0.431. The van der Waals surface area contributed by atoms with Crippen molar-refractivity contribution in [3.63, 3.8) is 0 Å². The van der Waals surface area contributed by atoms with Crippen LogP contribution in [-0.2, 0) is 29.1 Å². The monoisotopic (exact) mass is 518 g/mol. The minimum atomic E-state index is -0.266. The van der Waals surface area contributed by atoms with E-state index >= 15 is 0 Å². The maximum absolute atomic E-state index is 13.4. The van der Waals surface area contributed by atoms with Crippen molar-refractivity contribution in [3.05, 3.63) is 63.1 Å². The van der Waals surface area contributed by atoms with Crippen molar-refractivity contribution >= 4 is 23.2 Å². The quantitative estimate of drug-likeness (QED) is 0.527. The van der Waals surface area contributed by atoms with Gasteiger partial charge in [-0.1, -0.05) is 5.21 Å². The van der Waals surface area contributed by atoms with Crippen LogP contribution in [0.1, 0.15) is 58.8 Å². The number of ether oxygens (including phenoxy) is 1. The van der Waals surface area contributed by atoms with Crippen LogP contribution in [0.4, 0.5) is 11.4 Å². The SMILES string of the molecule is CC1C(=O)Nc2cc(C(=O)N3CCCC(c4cn(Cc5nc6c(c(=O)[nH]5)COCC6)nn4)C3)ccc2N1C. The van der Waals surface area contributed by atoms with Crippen LogP contribution in [0.5, 0.6) is 0 Å². The van der Waals surface area contributed by atoms with Crippen LogP contribution in [-0.4, -0.2) is 74.5 Å². The van der Waals surface area contributed by atoms with E-state index in [0.717, 1.165) is 29.9 Å². The Morgan fingerprint density at radius 1 is 1.26 bits per heavy atom. The zero-order chi connectivity index (χ0) is 26.4. The second-order valence-electron chi connectivity index (χ2n) is 10.2. The summed E-state index contributed by atoms with van der Waals surface area (Å²) < 4.78 is 7.03. The lowest BCUT2D eigenvalue weighted by molar-refractivity contribution is -0.117. The maximum atomic E-state index is 13.4. The van der Waals surface area contributed by atoms with Gasteiger partial charge in [-0.3, -0.25) is 14.4 Å². The standard InChI is InChI=1S/C26H30N8O4/c1-15-24(35)28-20-10-16(5-6-22(20)32(15)2)26(37)33-8-3-4-17(11-33)21-12-34(31-30-21)13-23-27-19-7-9-38-14-18(19)25(36)29-23/h5-6,10,12,15,17H,3-4,7-9,11,13-14H2,1-2H3,(H,28,35)(H,27,29,36). The van der Waals surface area contributed by atoms with Crippen LogP contribution in [0.25, 0.3) is 0 Å². The van der Waals surface area contributed by atoms with Gasteiger partial charge in [0.25, 0.3) is 11.5 Å². The molecule has 1 saturated heterocycles. The van der Waals surface area contributed by atoms with Crippen molar-refractivity contribution in [2.75, 3.05) is 37.0 Å². The molecule has 2 aromatic heterocycles. The molecule has 2 atom stereocenters. The van der Waals surface area contributed by atoms with E-state index < -0.39 is 0 Å². The molecule has 0 bridgehead atoms. The number of aromatic nitrogens is 5. The minimum absolute atomic E-state index is 0.0541. The number of amides is 2. The number of likely N-dealkylation sites (N-methyl/N-ethyl adjacent to an activating group) is 1. The van der Waals surface area contributed by atoms with Gasteiger partial charge >= 0.3 is 0 Å². The number of benzene rings is 1. The van der Waals surface area contributed by atoms with E-state index in [1.807, 2.05) is 42.1 Å². The molecule has 2 amide bonds. The van der Waals surface area contributed by atoms with E-state index in [-0.39, 0.29) is 29.3 Å². The molecule has 1 fully saturated rings. The fraction of sp³-hybridized carbons (Fsp3) is 0.462. The minimum Gasteiger partial charge on any atom is -0.376 e. The van der Waals surface area contributed by atoms with Gasteiger partial charge in [0, 0.05) is 44.2 Å². The highest BCUT2D eigenvalue weighted by atomic mass is 16.5. The van der Waals surface area contributed by atoms with Gasteiger partial charge in [0.2, 0.25) is 5.91 Å². The molecular weight excluding hydrogens is 488 g/mol. The Morgan fingerprint density at radius 3 is 3.00 bits per heavy atom. The summed E-state index contributed by atoms with van der Waals surface area (Å²) >= 11 is 0. The molecule has 0 saturated carbocycles. The normalized spacial score (nSPS) is 21.1. The van der Waals surface area contributed by atoms with Crippen molar-refractivity contribution in [3.8, 4) is 0 Å². The Balaban J connectivity index is 1.15. The highest BCUT2D eigenvalue weighted by Crippen LogP contribution is 2.33. The third-order valence-electron chi connectivity index (χ3n) is 7.72. The van der Waals surface area contributed by atoms with Crippen LogP contribution in [0, 0.1) is 0 Å². The molecule has 5 heterocycles. The molecule has 0 aliphatic carbocycles. The summed E-state index contributed by atoms with van der Waals surface area (Å²) in [7, 11) is 1.88. The summed E-state index contributed by atoms with van der Waals surface area (Å²) in [4.78, 5) is 49.2. The number of likely N-dealkylation sites (tertiary alicyclic amines) is 1. The Bertz CT molecular complexity index is 1460. The highest BCUT2D eigenvalue weighted by molar-refractivity contribution is 6.05. The van der Waals surface area contributed by atoms with Gasteiger partial charge < -0.3 is 24.8 Å². The Hall–Kier alpha value is -4.06. The number of carbonyl (C=O) groups is 2. The van der Waals surface area contributed by atoms with Gasteiger partial charge in [0.05, 0.1) is 41.5 Å². The number of aromatic amines is 1. The number of hydrogen-bond donors (Lipinski definition) is 2. The first-order chi connectivity index (χ1) is 18.4. The van der Waals surface area contributed by atoms with Crippen LogP contribution in [0.15, 0.2) is 29.2 Å². The predicted octanol–water partition coefficient (Wildman–Crippen LogP) is 1.28. The van der Waals surface area contributed by atoms with E-state index in [4.69, 9.17) is 4.74 Å². The van der Waals surface area contributed by atoms with Crippen LogP contribution >= 0.6 is 0 Å². The van der Waals surface area contributed by atoms with Crippen molar-refractivity contribution in [2.24, 2.45) is 0 Å². The zero-order valence-electron chi connectivity index (χ0n) is 21.4. The molecule has 2 unspecified atom stereocenters. The van der Waals surface area contributed by atoms with Crippen molar-refractivity contribution in [2.45, 2.75) is 51.3 Å². The average molecular weight is 519 g/mol. The van der Waals surface area contributed by atoms with E-state index in [2.05, 4.69) is 25.6 Å². The molecule has 6 rings (SSSR count). The van der Waals surface area contributed by atoms with Gasteiger partial charge in [-0.2, -0.15) is 0 Å². The molecule has 2 N–H and O–H groups in total. The van der Waals surface area contributed by atoms with E-state index in [9.17, 15) is 14.4 Å². The largest absolute Gasteiger partial charge is 0.376 e. The molecule has 3 aliphatic heterocycles. The van der Waals surface area contributed by atoms with E-state index in [1.165, 1.54) is 0 Å². The van der Waals surface area contributed by atoms with E-state index in [0.29, 0.717) is 61.9 Å². The Morgan fingerprint density at radius 2 is 2.13 bits per heavy atom. The number of hydrogen-bond acceptors (Lipinski definition) is 8. The molecule has 38 heavy (non-hydrogen) atoms. The molecule has 3 aliphatic rings. The third kappa shape index (κ3) is 4.44. The molecule has 0 radical (unpaired) electrons. The zero-order valence-corrected chi connectivity index (χ0v) is 21.4. The number of anilines is 2. The first-order valence-corrected chi connectivity index (χ1v) is 12.9. The lowest BCUT2D eigenvalue weighted by atomic mass is 9.94. The van der Waals surface area contributed by atoms with Crippen LogP contribution < -0.4 is 15.8 Å². The van der Waals surface area contributed by atoms with Crippen molar-refractivity contribution < 1.29 is 14.3 Å². The molecular formula is C26H30N8O4. The fourth-order valence-corrected chi connectivity index (χ4v) is 5.38. The molecule has 1 aromatic carbocycles. The summed E-state index contributed by atoms with van der Waals surface area (Å²) in [6.07, 6.45) is 4.24. The van der Waals surface area contributed by atoms with Gasteiger partial charge in [-0.15, -0.1) is 5.10 Å². The average Bonchev–Trinajstić information content (AvgIpc) is 3.39. The first kappa shape index (κ1) is 24.3. The number of piperidine rings is 1. The Labute approximate surface area is 219 Å². The summed E-state index contributed by atoms with van der Waals surface area (Å²) in [6.45, 7) is 4.20. The van der Waals surface area contributed by atoms with Crippen LogP contribution in [0.3, 0.4) is 0 Å². The topological polar surface area (TPSA) is 138 Å². The Kier molecular flexibility index (Phi) is 6.18. The second-order valence-corrected chi connectivity index (χ2v) is 10.2. The van der Waals surface area contributed by atoms with Gasteiger partial charge in [-0.05, 0) is 38.0 Å². The predicted molar refractivity (Wildman–Crippen MR) is 138 cm³/mol. The van der Waals surface area contributed by atoms with Crippen molar-refractivity contribution in [1.82, 2.24) is 29.9 Å². The lowest BCUT2D eigenvalue weighted by Crippen LogP contribution is -2.44. The van der Waals surface area contributed by atoms with Crippen LogP contribution in [0.2, 0.25) is 0 Å². The lowest BCUT2D eigenvalue weighted by Gasteiger charge is -2.34. The fourth-order valence-electron chi connectivity index (χ4n) is 5.38. The molecule has 12 heteroatoms. The molecule has 12 nitrogen and oxygen atoms in total. The molecule has 3 aromatic rings.